The minimum atomic E-state index is -0.198. The molecule has 0 bridgehead atoms. The number of nitrogens with zero attached hydrogens (tertiary/aromatic N) is 3. The van der Waals surface area contributed by atoms with Crippen LogP contribution in [0.4, 0.5) is 0 Å². The predicted molar refractivity (Wildman–Crippen MR) is 94.3 cm³/mol. The van der Waals surface area contributed by atoms with E-state index in [1.165, 1.54) is 16.2 Å². The normalized spacial score (nSPS) is 23.0. The molecule has 3 heterocycles. The lowest BCUT2D eigenvalue weighted by Crippen LogP contribution is -2.40. The largest absolute Gasteiger partial charge is 0.344 e. The topological polar surface area (TPSA) is 60.9 Å². The summed E-state index contributed by atoms with van der Waals surface area (Å²) >= 11 is 1.54. The lowest BCUT2D eigenvalue weighted by molar-refractivity contribution is -0.136. The number of amides is 3. The Morgan fingerprint density at radius 2 is 2.04 bits per heavy atom. The van der Waals surface area contributed by atoms with E-state index in [0.717, 1.165) is 29.7 Å². The maximum atomic E-state index is 12.9. The summed E-state index contributed by atoms with van der Waals surface area (Å²) in [6.07, 6.45) is 3.31. The monoisotopic (exact) mass is 361 g/mol. The van der Waals surface area contributed by atoms with Crippen molar-refractivity contribution in [2.45, 2.75) is 38.3 Å². The van der Waals surface area contributed by atoms with Crippen LogP contribution < -0.4 is 0 Å². The van der Waals surface area contributed by atoms with Crippen molar-refractivity contribution in [3.63, 3.8) is 0 Å². The second-order valence-corrected chi connectivity index (χ2v) is 8.58. The van der Waals surface area contributed by atoms with E-state index in [4.69, 9.17) is 0 Å². The summed E-state index contributed by atoms with van der Waals surface area (Å²) in [5.41, 5.74) is 1.08. The van der Waals surface area contributed by atoms with Gasteiger partial charge in [-0.3, -0.25) is 14.4 Å². The van der Waals surface area contributed by atoms with Crippen molar-refractivity contribution in [2.75, 3.05) is 27.2 Å². The minimum Gasteiger partial charge on any atom is -0.344 e. The van der Waals surface area contributed by atoms with Gasteiger partial charge < -0.3 is 14.7 Å². The van der Waals surface area contributed by atoms with Crippen molar-refractivity contribution in [1.82, 2.24) is 14.7 Å². The smallest absolute Gasteiger partial charge is 0.263 e. The molecule has 0 spiro atoms. The van der Waals surface area contributed by atoms with Crippen LogP contribution >= 0.6 is 11.3 Å². The molecule has 1 saturated heterocycles. The van der Waals surface area contributed by atoms with E-state index in [0.29, 0.717) is 32.1 Å². The van der Waals surface area contributed by atoms with Gasteiger partial charge in [-0.05, 0) is 30.9 Å². The first-order chi connectivity index (χ1) is 11.9. The molecule has 6 nitrogen and oxygen atoms in total. The molecule has 3 aliphatic rings. The zero-order chi connectivity index (χ0) is 17.7. The highest BCUT2D eigenvalue weighted by molar-refractivity contribution is 7.14. The molecule has 1 atom stereocenters. The number of likely N-dealkylation sites (tertiary alicyclic amines) is 1. The van der Waals surface area contributed by atoms with Crippen LogP contribution in [0.15, 0.2) is 6.07 Å². The summed E-state index contributed by atoms with van der Waals surface area (Å²) in [6.45, 7) is 1.81. The van der Waals surface area contributed by atoms with Crippen LogP contribution in [-0.2, 0) is 22.6 Å². The number of thiophene rings is 1. The molecular formula is C18H23N3O3S. The average Bonchev–Trinajstić information content (AvgIpc) is 3.22. The van der Waals surface area contributed by atoms with Crippen molar-refractivity contribution in [1.29, 1.82) is 0 Å². The maximum absolute atomic E-state index is 12.9. The fraction of sp³-hybridized carbons (Fsp3) is 0.611. The van der Waals surface area contributed by atoms with E-state index in [2.05, 4.69) is 0 Å². The quantitative estimate of drug-likeness (QED) is 0.816. The Bertz CT molecular complexity index is 738. The molecule has 1 saturated carbocycles. The first-order valence-corrected chi connectivity index (χ1v) is 9.67. The average molecular weight is 361 g/mol. The van der Waals surface area contributed by atoms with Crippen molar-refractivity contribution in [3.05, 3.63) is 21.4 Å². The van der Waals surface area contributed by atoms with Crippen LogP contribution in [0.2, 0.25) is 0 Å². The second-order valence-electron chi connectivity index (χ2n) is 7.45. The molecule has 1 aromatic rings. The number of carbonyl (C=O) groups is 3. The number of carbonyl (C=O) groups excluding carboxylic acids is 3. The van der Waals surface area contributed by atoms with Gasteiger partial charge in [-0.25, -0.2) is 0 Å². The standard InChI is InChI=1S/C18H23N3O3S/c1-19(2)18(24)15-7-11-9-20(6-5-14(11)25-15)17(23)12-8-16(22)21(10-12)13-3-4-13/h7,12-13H,3-6,8-10H2,1-2H3/t12-/m0/s1. The Labute approximate surface area is 151 Å². The SMILES string of the molecule is CN(C)C(=O)c1cc2c(s1)CCN(C(=O)[C@H]1CC(=O)N(C3CC3)C1)C2. The Hall–Kier alpha value is -1.89. The summed E-state index contributed by atoms with van der Waals surface area (Å²) < 4.78 is 0. The van der Waals surface area contributed by atoms with Gasteiger partial charge in [0.15, 0.2) is 0 Å². The molecule has 1 aliphatic carbocycles. The van der Waals surface area contributed by atoms with E-state index < -0.39 is 0 Å². The molecule has 134 valence electrons. The number of rotatable bonds is 3. The third kappa shape index (κ3) is 3.05. The van der Waals surface area contributed by atoms with Gasteiger partial charge in [0, 0.05) is 51.1 Å². The Morgan fingerprint density at radius 1 is 1.28 bits per heavy atom. The molecule has 4 rings (SSSR count). The number of hydrogen-bond acceptors (Lipinski definition) is 4. The van der Waals surface area contributed by atoms with Gasteiger partial charge >= 0.3 is 0 Å². The van der Waals surface area contributed by atoms with Crippen LogP contribution in [0.1, 0.15) is 39.4 Å². The molecule has 0 radical (unpaired) electrons. The molecule has 2 fully saturated rings. The van der Waals surface area contributed by atoms with Gasteiger partial charge in [-0.1, -0.05) is 0 Å². The number of fused-ring (bicyclic) bond motifs is 1. The molecule has 3 amide bonds. The van der Waals surface area contributed by atoms with Crippen molar-refractivity contribution in [3.8, 4) is 0 Å². The summed E-state index contributed by atoms with van der Waals surface area (Å²) in [5, 5.41) is 0. The molecular weight excluding hydrogens is 338 g/mol. The lowest BCUT2D eigenvalue weighted by atomic mass is 10.0. The van der Waals surface area contributed by atoms with E-state index >= 15 is 0 Å². The van der Waals surface area contributed by atoms with Crippen molar-refractivity contribution in [2.24, 2.45) is 5.92 Å². The van der Waals surface area contributed by atoms with Gasteiger partial charge in [-0.15, -0.1) is 11.3 Å². The Morgan fingerprint density at radius 3 is 2.72 bits per heavy atom. The molecule has 1 aromatic heterocycles. The molecule has 0 aromatic carbocycles. The Kier molecular flexibility index (Phi) is 4.06. The first-order valence-electron chi connectivity index (χ1n) is 8.85. The molecule has 2 aliphatic heterocycles. The van der Waals surface area contributed by atoms with E-state index in [9.17, 15) is 14.4 Å². The second kappa shape index (κ2) is 6.12. The zero-order valence-electron chi connectivity index (χ0n) is 14.7. The highest BCUT2D eigenvalue weighted by Gasteiger charge is 2.43. The third-order valence-corrected chi connectivity index (χ3v) is 6.52. The van der Waals surface area contributed by atoms with Crippen molar-refractivity contribution >= 4 is 29.1 Å². The van der Waals surface area contributed by atoms with Gasteiger partial charge in [0.25, 0.3) is 5.91 Å². The van der Waals surface area contributed by atoms with Crippen LogP contribution in [0.5, 0.6) is 0 Å². The summed E-state index contributed by atoms with van der Waals surface area (Å²) in [6, 6.07) is 2.31. The van der Waals surface area contributed by atoms with Gasteiger partial charge in [-0.2, -0.15) is 0 Å². The molecule has 0 N–H and O–H groups in total. The zero-order valence-corrected chi connectivity index (χ0v) is 15.5. The van der Waals surface area contributed by atoms with Crippen LogP contribution in [0, 0.1) is 5.92 Å². The molecule has 0 unspecified atom stereocenters. The molecule has 7 heteroatoms. The van der Waals surface area contributed by atoms with E-state index in [1.807, 2.05) is 15.9 Å². The highest BCUT2D eigenvalue weighted by Crippen LogP contribution is 2.34. The van der Waals surface area contributed by atoms with Crippen LogP contribution in [0.3, 0.4) is 0 Å². The van der Waals surface area contributed by atoms with Gasteiger partial charge in [0.05, 0.1) is 10.8 Å². The summed E-state index contributed by atoms with van der Waals surface area (Å²) in [5.74, 6) is 0.0386. The van der Waals surface area contributed by atoms with Gasteiger partial charge in [0.2, 0.25) is 11.8 Å². The summed E-state index contributed by atoms with van der Waals surface area (Å²) in [7, 11) is 3.50. The predicted octanol–water partition coefficient (Wildman–Crippen LogP) is 1.35. The third-order valence-electron chi connectivity index (χ3n) is 5.29. The Balaban J connectivity index is 1.44. The fourth-order valence-electron chi connectivity index (χ4n) is 3.74. The van der Waals surface area contributed by atoms with E-state index in [1.54, 1.807) is 19.0 Å². The van der Waals surface area contributed by atoms with E-state index in [-0.39, 0.29) is 23.6 Å². The van der Waals surface area contributed by atoms with Gasteiger partial charge in [0.1, 0.15) is 0 Å². The first kappa shape index (κ1) is 16.6. The van der Waals surface area contributed by atoms with Crippen molar-refractivity contribution < 1.29 is 14.4 Å². The molecule has 25 heavy (non-hydrogen) atoms. The van der Waals surface area contributed by atoms with Crippen LogP contribution in [-0.4, -0.2) is 65.6 Å². The lowest BCUT2D eigenvalue weighted by Gasteiger charge is -2.29. The van der Waals surface area contributed by atoms with Crippen LogP contribution in [0.25, 0.3) is 0 Å². The summed E-state index contributed by atoms with van der Waals surface area (Å²) in [4.78, 5) is 44.4. The number of hydrogen-bond donors (Lipinski definition) is 0. The highest BCUT2D eigenvalue weighted by atomic mass is 32.1. The fourth-order valence-corrected chi connectivity index (χ4v) is 4.93. The minimum absolute atomic E-state index is 0.0127. The maximum Gasteiger partial charge on any atom is 0.263 e.